The molecule has 0 radical (unpaired) electrons. The quantitative estimate of drug-likeness (QED) is 0.527. The Balaban J connectivity index is 2.26. The fourth-order valence-electron chi connectivity index (χ4n) is 2.56. The number of likely N-dealkylation sites (tertiary alicyclic amines) is 1. The lowest BCUT2D eigenvalue weighted by molar-refractivity contribution is -0.148. The molecule has 3 unspecified atom stereocenters. The molecule has 2 bridgehead atoms. The smallest absolute Gasteiger partial charge is 0.236 e. The molecule has 0 aromatic heterocycles. The van der Waals surface area contributed by atoms with Gasteiger partial charge in [-0.3, -0.25) is 14.5 Å². The van der Waals surface area contributed by atoms with Crippen LogP contribution in [0.2, 0.25) is 0 Å². The maximum atomic E-state index is 12.2. The molecule has 3 atom stereocenters. The van der Waals surface area contributed by atoms with Gasteiger partial charge in [0.15, 0.2) is 0 Å². The van der Waals surface area contributed by atoms with Gasteiger partial charge in [-0.15, -0.1) is 0 Å². The minimum absolute atomic E-state index is 0.00167. The average Bonchev–Trinajstić information content (AvgIpc) is 2.69. The van der Waals surface area contributed by atoms with Gasteiger partial charge in [-0.25, -0.2) is 0 Å². The van der Waals surface area contributed by atoms with Crippen LogP contribution in [0.3, 0.4) is 0 Å². The summed E-state index contributed by atoms with van der Waals surface area (Å²) in [7, 11) is 0. The molecule has 3 heteroatoms. The molecule has 0 aromatic rings. The summed E-state index contributed by atoms with van der Waals surface area (Å²) in [5.74, 6) is 0.501. The van der Waals surface area contributed by atoms with Crippen molar-refractivity contribution in [2.75, 3.05) is 6.54 Å². The van der Waals surface area contributed by atoms with Crippen molar-refractivity contribution in [2.24, 2.45) is 23.7 Å². The maximum Gasteiger partial charge on any atom is 0.236 e. The molecule has 1 fully saturated rings. The summed E-state index contributed by atoms with van der Waals surface area (Å²) in [6.07, 6.45) is 4.83. The van der Waals surface area contributed by atoms with E-state index in [0.29, 0.717) is 12.5 Å². The largest absolute Gasteiger partial charge is 0.282 e. The van der Waals surface area contributed by atoms with Gasteiger partial charge in [-0.2, -0.15) is 0 Å². The van der Waals surface area contributed by atoms with Gasteiger partial charge in [0.05, 0.1) is 5.92 Å². The van der Waals surface area contributed by atoms with Crippen LogP contribution in [0.15, 0.2) is 12.2 Å². The van der Waals surface area contributed by atoms with Crippen LogP contribution in [-0.2, 0) is 9.59 Å². The summed E-state index contributed by atoms with van der Waals surface area (Å²) in [5, 5.41) is 0. The van der Waals surface area contributed by atoms with Gasteiger partial charge < -0.3 is 0 Å². The van der Waals surface area contributed by atoms with E-state index in [1.807, 2.05) is 32.9 Å². The highest BCUT2D eigenvalue weighted by Crippen LogP contribution is 2.35. The molecule has 2 amide bonds. The zero-order valence-corrected chi connectivity index (χ0v) is 10.1. The van der Waals surface area contributed by atoms with E-state index in [4.69, 9.17) is 0 Å². The third-order valence-electron chi connectivity index (χ3n) is 3.55. The third kappa shape index (κ3) is 1.79. The summed E-state index contributed by atoms with van der Waals surface area (Å²) in [4.78, 5) is 25.8. The Hall–Kier alpha value is -1.12. The SMILES string of the molecule is CC(C)CN1C(=O)C2C=CC(C2)C(C)C1=O. The number of fused-ring (bicyclic) bond motifs is 2. The van der Waals surface area contributed by atoms with Crippen LogP contribution in [0, 0.1) is 23.7 Å². The molecular weight excluding hydrogens is 202 g/mol. The van der Waals surface area contributed by atoms with Crippen molar-refractivity contribution < 1.29 is 9.59 Å². The highest BCUT2D eigenvalue weighted by atomic mass is 16.2. The van der Waals surface area contributed by atoms with E-state index < -0.39 is 0 Å². The molecular formula is C13H19NO2. The molecule has 0 aromatic carbocycles. The molecule has 88 valence electrons. The van der Waals surface area contributed by atoms with Crippen molar-refractivity contribution in [1.29, 1.82) is 0 Å². The number of hydrogen-bond acceptors (Lipinski definition) is 2. The van der Waals surface area contributed by atoms with Crippen molar-refractivity contribution in [3.8, 4) is 0 Å². The second-order valence-electron chi connectivity index (χ2n) is 5.36. The Morgan fingerprint density at radius 2 is 2.00 bits per heavy atom. The van der Waals surface area contributed by atoms with Crippen LogP contribution in [0.1, 0.15) is 27.2 Å². The molecule has 0 spiro atoms. The van der Waals surface area contributed by atoms with Gasteiger partial charge in [0.25, 0.3) is 0 Å². The van der Waals surface area contributed by atoms with E-state index in [1.54, 1.807) is 0 Å². The van der Waals surface area contributed by atoms with Crippen LogP contribution in [-0.4, -0.2) is 23.3 Å². The molecule has 1 aliphatic carbocycles. The lowest BCUT2D eigenvalue weighted by Gasteiger charge is -2.26. The maximum absolute atomic E-state index is 12.2. The van der Waals surface area contributed by atoms with Crippen molar-refractivity contribution in [2.45, 2.75) is 27.2 Å². The molecule has 3 nitrogen and oxygen atoms in total. The molecule has 1 heterocycles. The predicted octanol–water partition coefficient (Wildman–Crippen LogP) is 1.84. The fourth-order valence-corrected chi connectivity index (χ4v) is 2.56. The standard InChI is InChI=1S/C13H19NO2/c1-8(2)7-14-12(15)9(3)10-4-5-11(6-10)13(14)16/h4-5,8-11H,6-7H2,1-3H3. The van der Waals surface area contributed by atoms with Crippen LogP contribution in [0.5, 0.6) is 0 Å². The molecule has 0 saturated carbocycles. The lowest BCUT2D eigenvalue weighted by atomic mass is 9.92. The average molecular weight is 221 g/mol. The van der Waals surface area contributed by atoms with Crippen LogP contribution < -0.4 is 0 Å². The number of hydrogen-bond donors (Lipinski definition) is 0. The van der Waals surface area contributed by atoms with Gasteiger partial charge >= 0.3 is 0 Å². The number of carbonyl (C=O) groups excluding carboxylic acids is 2. The topological polar surface area (TPSA) is 37.4 Å². The Bertz CT molecular complexity index is 346. The van der Waals surface area contributed by atoms with Crippen molar-refractivity contribution in [3.63, 3.8) is 0 Å². The third-order valence-corrected chi connectivity index (χ3v) is 3.55. The zero-order valence-electron chi connectivity index (χ0n) is 10.1. The predicted molar refractivity (Wildman–Crippen MR) is 61.5 cm³/mol. The number of allylic oxidation sites excluding steroid dienone is 1. The molecule has 0 N–H and O–H groups in total. The van der Waals surface area contributed by atoms with Gasteiger partial charge in [0.1, 0.15) is 0 Å². The van der Waals surface area contributed by atoms with E-state index in [-0.39, 0.29) is 29.6 Å². The second-order valence-corrected chi connectivity index (χ2v) is 5.36. The van der Waals surface area contributed by atoms with Crippen LogP contribution in [0.4, 0.5) is 0 Å². The first-order chi connectivity index (χ1) is 7.50. The van der Waals surface area contributed by atoms with Gasteiger partial charge in [0.2, 0.25) is 11.8 Å². The number of rotatable bonds is 2. The Kier molecular flexibility index (Phi) is 2.87. The van der Waals surface area contributed by atoms with Crippen molar-refractivity contribution >= 4 is 11.8 Å². The lowest BCUT2D eigenvalue weighted by Crippen LogP contribution is -2.43. The van der Waals surface area contributed by atoms with E-state index in [0.717, 1.165) is 6.42 Å². The van der Waals surface area contributed by atoms with E-state index in [2.05, 4.69) is 0 Å². The fraction of sp³-hybridized carbons (Fsp3) is 0.692. The molecule has 2 rings (SSSR count). The van der Waals surface area contributed by atoms with Gasteiger partial charge in [-0.1, -0.05) is 32.9 Å². The van der Waals surface area contributed by atoms with Gasteiger partial charge in [-0.05, 0) is 18.3 Å². The summed E-state index contributed by atoms with van der Waals surface area (Å²) in [5.41, 5.74) is 0. The molecule has 2 aliphatic rings. The molecule has 1 saturated heterocycles. The minimum atomic E-state index is -0.0577. The number of imide groups is 1. The summed E-state index contributed by atoms with van der Waals surface area (Å²) < 4.78 is 0. The van der Waals surface area contributed by atoms with Crippen LogP contribution >= 0.6 is 0 Å². The molecule has 16 heavy (non-hydrogen) atoms. The zero-order chi connectivity index (χ0) is 11.9. The Morgan fingerprint density at radius 3 is 2.62 bits per heavy atom. The van der Waals surface area contributed by atoms with E-state index >= 15 is 0 Å². The van der Waals surface area contributed by atoms with Crippen molar-refractivity contribution in [3.05, 3.63) is 12.2 Å². The van der Waals surface area contributed by atoms with Crippen LogP contribution in [0.25, 0.3) is 0 Å². The minimum Gasteiger partial charge on any atom is -0.282 e. The number of amides is 2. The number of nitrogens with zero attached hydrogens (tertiary/aromatic N) is 1. The first kappa shape index (κ1) is 11.4. The summed E-state index contributed by atoms with van der Waals surface area (Å²) in [6.45, 7) is 6.55. The highest BCUT2D eigenvalue weighted by Gasteiger charge is 2.41. The van der Waals surface area contributed by atoms with E-state index in [1.165, 1.54) is 4.90 Å². The monoisotopic (exact) mass is 221 g/mol. The Morgan fingerprint density at radius 1 is 1.31 bits per heavy atom. The first-order valence-electron chi connectivity index (χ1n) is 6.04. The number of carbonyl (C=O) groups is 2. The normalized spacial score (nSPS) is 33.8. The second kappa shape index (κ2) is 4.04. The van der Waals surface area contributed by atoms with Crippen molar-refractivity contribution in [1.82, 2.24) is 4.90 Å². The summed E-state index contributed by atoms with van der Waals surface area (Å²) in [6, 6.07) is 0. The van der Waals surface area contributed by atoms with Gasteiger partial charge in [0, 0.05) is 12.5 Å². The first-order valence-corrected chi connectivity index (χ1v) is 6.04. The van der Waals surface area contributed by atoms with E-state index in [9.17, 15) is 9.59 Å². The highest BCUT2D eigenvalue weighted by molar-refractivity contribution is 5.99. The Labute approximate surface area is 96.5 Å². The summed E-state index contributed by atoms with van der Waals surface area (Å²) >= 11 is 0. The molecule has 1 aliphatic heterocycles.